The highest BCUT2D eigenvalue weighted by Gasteiger charge is 2.09. The normalized spacial score (nSPS) is 16.1. The predicted octanol–water partition coefficient (Wildman–Crippen LogP) is 2.56. The number of halogens is 2. The van der Waals surface area contributed by atoms with Crippen molar-refractivity contribution in [2.24, 2.45) is 0 Å². The summed E-state index contributed by atoms with van der Waals surface area (Å²) in [6, 6.07) is 7.93. The van der Waals surface area contributed by atoms with Gasteiger partial charge in [0.1, 0.15) is 12.4 Å². The zero-order chi connectivity index (χ0) is 11.9. The Morgan fingerprint density at radius 2 is 1.83 bits per heavy atom. The molecule has 0 N–H and O–H groups in total. The molecule has 1 saturated heterocycles. The Morgan fingerprint density at radius 1 is 1.17 bits per heavy atom. The lowest BCUT2D eigenvalue weighted by Crippen LogP contribution is -2.38. The first kappa shape index (κ1) is 15.6. The molecule has 1 fully saturated rings. The zero-order valence-corrected chi connectivity index (χ0v) is 11.9. The second-order valence-electron chi connectivity index (χ2n) is 4.08. The third-order valence-corrected chi connectivity index (χ3v) is 3.17. The molecule has 0 spiro atoms. The molecular weight excluding hydrogens is 273 g/mol. The van der Waals surface area contributed by atoms with E-state index in [-0.39, 0.29) is 12.4 Å². The minimum atomic E-state index is 0. The fraction of sp³-hybridized carbons (Fsp3) is 0.538. The van der Waals surface area contributed by atoms with Crippen molar-refractivity contribution in [1.82, 2.24) is 4.90 Å². The monoisotopic (exact) mass is 291 g/mol. The number of benzene rings is 1. The quantitative estimate of drug-likeness (QED) is 0.779. The molecule has 3 nitrogen and oxygen atoms in total. The van der Waals surface area contributed by atoms with Crippen LogP contribution in [0.1, 0.15) is 5.56 Å². The van der Waals surface area contributed by atoms with E-state index in [0.29, 0.717) is 5.88 Å². The van der Waals surface area contributed by atoms with Crippen LogP contribution in [0.25, 0.3) is 0 Å². The van der Waals surface area contributed by atoms with Crippen LogP contribution < -0.4 is 4.74 Å². The zero-order valence-electron chi connectivity index (χ0n) is 10.3. The summed E-state index contributed by atoms with van der Waals surface area (Å²) in [4.78, 5) is 2.36. The van der Waals surface area contributed by atoms with Gasteiger partial charge >= 0.3 is 0 Å². The van der Waals surface area contributed by atoms with Gasteiger partial charge in [0.2, 0.25) is 0 Å². The van der Waals surface area contributed by atoms with Crippen molar-refractivity contribution < 1.29 is 9.47 Å². The first-order chi connectivity index (χ1) is 8.38. The van der Waals surface area contributed by atoms with Gasteiger partial charge in [-0.1, -0.05) is 12.1 Å². The Labute approximate surface area is 119 Å². The first-order valence-corrected chi connectivity index (χ1v) is 6.50. The van der Waals surface area contributed by atoms with Crippen LogP contribution in [0.15, 0.2) is 24.3 Å². The van der Waals surface area contributed by atoms with Crippen LogP contribution in [-0.2, 0) is 10.6 Å². The molecule has 1 aromatic carbocycles. The van der Waals surface area contributed by atoms with Gasteiger partial charge in [0.05, 0.1) is 13.2 Å². The highest BCUT2D eigenvalue weighted by Crippen LogP contribution is 2.13. The van der Waals surface area contributed by atoms with Gasteiger partial charge < -0.3 is 9.47 Å². The third kappa shape index (κ3) is 5.02. The molecule has 2 rings (SSSR count). The van der Waals surface area contributed by atoms with Gasteiger partial charge in [-0.25, -0.2) is 0 Å². The van der Waals surface area contributed by atoms with Gasteiger partial charge in [-0.3, -0.25) is 4.90 Å². The van der Waals surface area contributed by atoms with Gasteiger partial charge in [-0.05, 0) is 17.7 Å². The molecule has 0 aliphatic carbocycles. The summed E-state index contributed by atoms with van der Waals surface area (Å²) in [6.07, 6.45) is 0. The molecule has 1 aliphatic heterocycles. The summed E-state index contributed by atoms with van der Waals surface area (Å²) in [7, 11) is 0. The number of ether oxygens (including phenoxy) is 2. The van der Waals surface area contributed by atoms with Crippen LogP contribution in [0, 0.1) is 0 Å². The number of morpholine rings is 1. The van der Waals surface area contributed by atoms with Crippen molar-refractivity contribution in [2.75, 3.05) is 39.5 Å². The molecular formula is C13H19Cl2NO2. The molecule has 0 amide bonds. The number of hydrogen-bond acceptors (Lipinski definition) is 3. The van der Waals surface area contributed by atoms with Crippen molar-refractivity contribution in [3.05, 3.63) is 29.8 Å². The van der Waals surface area contributed by atoms with E-state index in [0.717, 1.165) is 50.8 Å². The van der Waals surface area contributed by atoms with E-state index < -0.39 is 0 Å². The maximum absolute atomic E-state index is 5.73. The molecule has 5 heteroatoms. The Balaban J connectivity index is 0.00000162. The van der Waals surface area contributed by atoms with Crippen molar-refractivity contribution in [1.29, 1.82) is 0 Å². The second-order valence-corrected chi connectivity index (χ2v) is 4.35. The minimum Gasteiger partial charge on any atom is -0.492 e. The summed E-state index contributed by atoms with van der Waals surface area (Å²) in [5, 5.41) is 0. The molecule has 0 unspecified atom stereocenters. The molecule has 0 atom stereocenters. The molecule has 1 aliphatic rings. The summed E-state index contributed by atoms with van der Waals surface area (Å²) in [5.41, 5.74) is 1.12. The van der Waals surface area contributed by atoms with Crippen molar-refractivity contribution in [3.8, 4) is 5.75 Å². The summed E-state index contributed by atoms with van der Waals surface area (Å²) >= 11 is 5.73. The molecule has 1 aromatic rings. The average Bonchev–Trinajstić information content (AvgIpc) is 2.41. The van der Waals surface area contributed by atoms with E-state index >= 15 is 0 Å². The number of rotatable bonds is 5. The lowest BCUT2D eigenvalue weighted by molar-refractivity contribution is 0.0322. The summed E-state index contributed by atoms with van der Waals surface area (Å²) in [6.45, 7) is 5.37. The van der Waals surface area contributed by atoms with Gasteiger partial charge in [0.15, 0.2) is 0 Å². The largest absolute Gasteiger partial charge is 0.492 e. The van der Waals surface area contributed by atoms with Crippen LogP contribution >= 0.6 is 24.0 Å². The van der Waals surface area contributed by atoms with E-state index in [1.54, 1.807) is 0 Å². The fourth-order valence-electron chi connectivity index (χ4n) is 1.79. The maximum Gasteiger partial charge on any atom is 0.119 e. The van der Waals surface area contributed by atoms with Crippen molar-refractivity contribution in [3.63, 3.8) is 0 Å². The van der Waals surface area contributed by atoms with Gasteiger partial charge in [-0.15, -0.1) is 24.0 Å². The van der Waals surface area contributed by atoms with Gasteiger partial charge in [0.25, 0.3) is 0 Å². The fourth-order valence-corrected chi connectivity index (χ4v) is 1.97. The van der Waals surface area contributed by atoms with Crippen LogP contribution in [0.5, 0.6) is 5.75 Å². The first-order valence-electron chi connectivity index (χ1n) is 5.96. The molecule has 102 valence electrons. The highest BCUT2D eigenvalue weighted by atomic mass is 35.5. The topological polar surface area (TPSA) is 21.7 Å². The average molecular weight is 292 g/mol. The molecule has 0 aromatic heterocycles. The summed E-state index contributed by atoms with van der Waals surface area (Å²) < 4.78 is 11.0. The van der Waals surface area contributed by atoms with E-state index in [9.17, 15) is 0 Å². The summed E-state index contributed by atoms with van der Waals surface area (Å²) in [5.74, 6) is 1.46. The Hall–Kier alpha value is -0.480. The van der Waals surface area contributed by atoms with Crippen LogP contribution in [0.3, 0.4) is 0 Å². The Morgan fingerprint density at radius 3 is 2.44 bits per heavy atom. The van der Waals surface area contributed by atoms with E-state index in [4.69, 9.17) is 21.1 Å². The molecule has 18 heavy (non-hydrogen) atoms. The SMILES string of the molecule is Cl.ClCc1ccc(OCCN2CCOCC2)cc1. The number of alkyl halides is 1. The van der Waals surface area contributed by atoms with Crippen LogP contribution in [0.2, 0.25) is 0 Å². The lowest BCUT2D eigenvalue weighted by Gasteiger charge is -2.26. The maximum atomic E-state index is 5.73. The van der Waals surface area contributed by atoms with Crippen molar-refractivity contribution in [2.45, 2.75) is 5.88 Å². The van der Waals surface area contributed by atoms with E-state index in [1.165, 1.54) is 0 Å². The number of nitrogens with zero attached hydrogens (tertiary/aromatic N) is 1. The molecule has 1 heterocycles. The number of hydrogen-bond donors (Lipinski definition) is 0. The van der Waals surface area contributed by atoms with Gasteiger partial charge in [-0.2, -0.15) is 0 Å². The Bertz CT molecular complexity index is 326. The van der Waals surface area contributed by atoms with E-state index in [1.807, 2.05) is 24.3 Å². The molecule has 0 saturated carbocycles. The Kier molecular flexibility index (Phi) is 7.44. The smallest absolute Gasteiger partial charge is 0.119 e. The second kappa shape index (κ2) is 8.59. The van der Waals surface area contributed by atoms with Crippen LogP contribution in [0.4, 0.5) is 0 Å². The third-order valence-electron chi connectivity index (χ3n) is 2.86. The van der Waals surface area contributed by atoms with E-state index in [2.05, 4.69) is 4.90 Å². The minimum absolute atomic E-state index is 0. The lowest BCUT2D eigenvalue weighted by atomic mass is 10.2. The predicted molar refractivity (Wildman–Crippen MR) is 76.0 cm³/mol. The van der Waals surface area contributed by atoms with Crippen LogP contribution in [-0.4, -0.2) is 44.4 Å². The van der Waals surface area contributed by atoms with Crippen molar-refractivity contribution >= 4 is 24.0 Å². The molecule has 0 radical (unpaired) electrons. The standard InChI is InChI=1S/C13H18ClNO2.ClH/c14-11-12-1-3-13(4-2-12)17-10-7-15-5-8-16-9-6-15;/h1-4H,5-11H2;1H. The highest BCUT2D eigenvalue weighted by molar-refractivity contribution is 6.17. The molecule has 0 bridgehead atoms. The van der Waals surface area contributed by atoms with Gasteiger partial charge in [0, 0.05) is 25.5 Å².